The molecule has 2 atom stereocenters. The van der Waals surface area contributed by atoms with E-state index < -0.39 is 0 Å². The first-order valence-corrected chi connectivity index (χ1v) is 7.00. The first-order valence-electron chi connectivity index (χ1n) is 7.00. The number of likely N-dealkylation sites (tertiary alicyclic amines) is 1. The summed E-state index contributed by atoms with van der Waals surface area (Å²) in [5.74, 6) is 2.72. The Hall–Kier alpha value is -0.940. The third-order valence-electron chi connectivity index (χ3n) is 4.08. The standard InChI is InChI=1S/C13H22N4O/c1-9(2)13-15-12(16-18-13)8-17-6-4-11-10(7-17)3-5-14-11/h9-11,14H,3-8H2,1-2H3. The van der Waals surface area contributed by atoms with Gasteiger partial charge in [0.1, 0.15) is 0 Å². The highest BCUT2D eigenvalue weighted by molar-refractivity contribution is 4.94. The Morgan fingerprint density at radius 3 is 3.11 bits per heavy atom. The predicted octanol–water partition coefficient (Wildman–Crippen LogP) is 1.38. The van der Waals surface area contributed by atoms with Gasteiger partial charge in [-0.25, -0.2) is 0 Å². The molecule has 5 heteroatoms. The van der Waals surface area contributed by atoms with E-state index in [1.807, 2.05) is 0 Å². The Morgan fingerprint density at radius 1 is 1.44 bits per heavy atom. The Kier molecular flexibility index (Phi) is 3.35. The van der Waals surface area contributed by atoms with Gasteiger partial charge in [-0.1, -0.05) is 19.0 Å². The normalized spacial score (nSPS) is 28.8. The number of hydrogen-bond acceptors (Lipinski definition) is 5. The minimum atomic E-state index is 0.316. The second kappa shape index (κ2) is 4.97. The third kappa shape index (κ3) is 2.42. The van der Waals surface area contributed by atoms with E-state index in [-0.39, 0.29) is 0 Å². The molecular weight excluding hydrogens is 228 g/mol. The molecule has 2 unspecified atom stereocenters. The molecule has 1 aromatic heterocycles. The highest BCUT2D eigenvalue weighted by atomic mass is 16.5. The maximum atomic E-state index is 5.25. The van der Waals surface area contributed by atoms with Gasteiger partial charge in [0, 0.05) is 25.0 Å². The highest BCUT2D eigenvalue weighted by Gasteiger charge is 2.32. The highest BCUT2D eigenvalue weighted by Crippen LogP contribution is 2.25. The minimum Gasteiger partial charge on any atom is -0.339 e. The zero-order valence-electron chi connectivity index (χ0n) is 11.2. The van der Waals surface area contributed by atoms with Crippen molar-refractivity contribution >= 4 is 0 Å². The monoisotopic (exact) mass is 250 g/mol. The summed E-state index contributed by atoms with van der Waals surface area (Å²) in [7, 11) is 0. The number of nitrogens with zero attached hydrogens (tertiary/aromatic N) is 3. The lowest BCUT2D eigenvalue weighted by molar-refractivity contribution is 0.151. The molecule has 2 saturated heterocycles. The molecule has 1 N–H and O–H groups in total. The third-order valence-corrected chi connectivity index (χ3v) is 4.08. The Morgan fingerprint density at radius 2 is 2.33 bits per heavy atom. The van der Waals surface area contributed by atoms with Crippen LogP contribution < -0.4 is 5.32 Å². The van der Waals surface area contributed by atoms with Crippen molar-refractivity contribution < 1.29 is 4.52 Å². The number of rotatable bonds is 3. The van der Waals surface area contributed by atoms with Crippen molar-refractivity contribution in [3.63, 3.8) is 0 Å². The maximum absolute atomic E-state index is 5.25. The van der Waals surface area contributed by atoms with Crippen LogP contribution in [0.25, 0.3) is 0 Å². The molecule has 0 bridgehead atoms. The summed E-state index contributed by atoms with van der Waals surface area (Å²) in [4.78, 5) is 6.92. The van der Waals surface area contributed by atoms with Crippen LogP contribution >= 0.6 is 0 Å². The zero-order valence-corrected chi connectivity index (χ0v) is 11.2. The minimum absolute atomic E-state index is 0.316. The topological polar surface area (TPSA) is 54.2 Å². The van der Waals surface area contributed by atoms with E-state index in [1.54, 1.807) is 0 Å². The van der Waals surface area contributed by atoms with Gasteiger partial charge in [-0.3, -0.25) is 4.90 Å². The lowest BCUT2D eigenvalue weighted by Crippen LogP contribution is -2.44. The molecule has 1 aromatic rings. The van der Waals surface area contributed by atoms with Crippen molar-refractivity contribution in [3.8, 4) is 0 Å². The summed E-state index contributed by atoms with van der Waals surface area (Å²) < 4.78 is 5.25. The van der Waals surface area contributed by atoms with E-state index in [2.05, 4.69) is 34.2 Å². The number of aromatic nitrogens is 2. The molecule has 3 heterocycles. The molecule has 3 rings (SSSR count). The van der Waals surface area contributed by atoms with Crippen LogP contribution in [0, 0.1) is 5.92 Å². The quantitative estimate of drug-likeness (QED) is 0.878. The van der Waals surface area contributed by atoms with Crippen LogP contribution in [0.5, 0.6) is 0 Å². The molecule has 0 saturated carbocycles. The van der Waals surface area contributed by atoms with E-state index in [9.17, 15) is 0 Å². The van der Waals surface area contributed by atoms with Crippen LogP contribution in [-0.4, -0.2) is 40.7 Å². The lowest BCUT2D eigenvalue weighted by atomic mass is 9.93. The van der Waals surface area contributed by atoms with Gasteiger partial charge in [0.05, 0.1) is 6.54 Å². The SMILES string of the molecule is CC(C)c1nc(CN2CCC3NCCC3C2)no1. The molecule has 2 aliphatic heterocycles. The first kappa shape index (κ1) is 12.1. The van der Waals surface area contributed by atoms with Crippen LogP contribution in [0.2, 0.25) is 0 Å². The molecule has 0 aromatic carbocycles. The fraction of sp³-hybridized carbons (Fsp3) is 0.846. The fourth-order valence-electron chi connectivity index (χ4n) is 3.03. The second-order valence-corrected chi connectivity index (χ2v) is 5.84. The van der Waals surface area contributed by atoms with Crippen LogP contribution in [0.4, 0.5) is 0 Å². The number of hydrogen-bond donors (Lipinski definition) is 1. The molecule has 0 amide bonds. The van der Waals surface area contributed by atoms with Gasteiger partial charge >= 0.3 is 0 Å². The summed E-state index contributed by atoms with van der Waals surface area (Å²) in [5, 5.41) is 7.66. The Bertz CT molecular complexity index is 403. The molecule has 0 spiro atoms. The molecule has 2 aliphatic rings. The summed E-state index contributed by atoms with van der Waals surface area (Å²) in [6.07, 6.45) is 2.56. The fourth-order valence-corrected chi connectivity index (χ4v) is 3.03. The van der Waals surface area contributed by atoms with Gasteiger partial charge < -0.3 is 9.84 Å². The van der Waals surface area contributed by atoms with Crippen LogP contribution in [0.15, 0.2) is 4.52 Å². The smallest absolute Gasteiger partial charge is 0.229 e. The Labute approximate surface area is 108 Å². The average Bonchev–Trinajstić information content (AvgIpc) is 2.96. The van der Waals surface area contributed by atoms with Crippen molar-refractivity contribution in [1.82, 2.24) is 20.4 Å². The van der Waals surface area contributed by atoms with Gasteiger partial charge in [0.25, 0.3) is 0 Å². The number of fused-ring (bicyclic) bond motifs is 1. The van der Waals surface area contributed by atoms with Gasteiger partial charge in [0.15, 0.2) is 5.82 Å². The van der Waals surface area contributed by atoms with Crippen molar-refractivity contribution in [2.75, 3.05) is 19.6 Å². The van der Waals surface area contributed by atoms with Crippen molar-refractivity contribution in [3.05, 3.63) is 11.7 Å². The number of nitrogens with one attached hydrogen (secondary N) is 1. The van der Waals surface area contributed by atoms with E-state index in [0.29, 0.717) is 5.92 Å². The molecule has 2 fully saturated rings. The maximum Gasteiger partial charge on any atom is 0.229 e. The summed E-state index contributed by atoms with van der Waals surface area (Å²) in [5.41, 5.74) is 0. The summed E-state index contributed by atoms with van der Waals surface area (Å²) in [6.45, 7) is 8.48. The first-order chi connectivity index (χ1) is 8.72. The van der Waals surface area contributed by atoms with Crippen molar-refractivity contribution in [2.24, 2.45) is 5.92 Å². The molecule has 0 aliphatic carbocycles. The average molecular weight is 250 g/mol. The molecule has 5 nitrogen and oxygen atoms in total. The van der Waals surface area contributed by atoms with E-state index in [0.717, 1.165) is 36.8 Å². The Balaban J connectivity index is 1.59. The summed E-state index contributed by atoms with van der Waals surface area (Å²) in [6, 6.07) is 0.748. The van der Waals surface area contributed by atoms with Gasteiger partial charge in [-0.2, -0.15) is 4.98 Å². The molecule has 18 heavy (non-hydrogen) atoms. The van der Waals surface area contributed by atoms with Gasteiger partial charge in [0.2, 0.25) is 5.89 Å². The van der Waals surface area contributed by atoms with Gasteiger partial charge in [-0.05, 0) is 25.3 Å². The molecule has 100 valence electrons. The lowest BCUT2D eigenvalue weighted by Gasteiger charge is -2.33. The number of piperidine rings is 1. The van der Waals surface area contributed by atoms with E-state index >= 15 is 0 Å². The van der Waals surface area contributed by atoms with Crippen LogP contribution in [-0.2, 0) is 6.54 Å². The predicted molar refractivity (Wildman–Crippen MR) is 68.2 cm³/mol. The molecular formula is C13H22N4O. The largest absolute Gasteiger partial charge is 0.339 e. The zero-order chi connectivity index (χ0) is 12.5. The van der Waals surface area contributed by atoms with Crippen molar-refractivity contribution in [1.29, 1.82) is 0 Å². The van der Waals surface area contributed by atoms with E-state index in [1.165, 1.54) is 25.9 Å². The van der Waals surface area contributed by atoms with Crippen molar-refractivity contribution in [2.45, 2.75) is 45.2 Å². The van der Waals surface area contributed by atoms with Crippen LogP contribution in [0.1, 0.15) is 44.3 Å². The second-order valence-electron chi connectivity index (χ2n) is 5.84. The van der Waals surface area contributed by atoms with Crippen LogP contribution in [0.3, 0.4) is 0 Å². The van der Waals surface area contributed by atoms with Gasteiger partial charge in [-0.15, -0.1) is 0 Å². The van der Waals surface area contributed by atoms with E-state index in [4.69, 9.17) is 4.52 Å². The molecule has 0 radical (unpaired) electrons. The summed E-state index contributed by atoms with van der Waals surface area (Å²) >= 11 is 0.